The van der Waals surface area contributed by atoms with Gasteiger partial charge in [-0.3, -0.25) is 19.6 Å². The lowest BCUT2D eigenvalue weighted by atomic mass is 10.1. The van der Waals surface area contributed by atoms with Gasteiger partial charge in [-0.1, -0.05) is 60.7 Å². The number of Topliss-reactive ketones (excluding diaryl/α,β-unsaturated/α-hetero) is 2. The van der Waals surface area contributed by atoms with Gasteiger partial charge in [-0.15, -0.1) is 0 Å². The number of ketones is 2. The molecule has 0 saturated carbocycles. The molecule has 154 valence electrons. The summed E-state index contributed by atoms with van der Waals surface area (Å²) in [4.78, 5) is 33.9. The first kappa shape index (κ1) is 19.4. The fourth-order valence-electron chi connectivity index (χ4n) is 3.76. The van der Waals surface area contributed by atoms with Crippen molar-refractivity contribution in [3.05, 3.63) is 106 Å². The van der Waals surface area contributed by atoms with E-state index in [0.29, 0.717) is 33.6 Å². The Morgan fingerprint density at radius 1 is 0.531 bits per heavy atom. The second-order valence-corrected chi connectivity index (χ2v) is 7.28. The van der Waals surface area contributed by atoms with Gasteiger partial charge in [0.25, 0.3) is 0 Å². The maximum Gasteiger partial charge on any atom is 0.199 e. The number of nitrogens with zero attached hydrogens (tertiary/aromatic N) is 2. The Balaban J connectivity index is 1.45. The minimum atomic E-state index is -0.299. The van der Waals surface area contributed by atoms with Crippen LogP contribution in [0.3, 0.4) is 0 Å². The van der Waals surface area contributed by atoms with Crippen molar-refractivity contribution in [2.75, 3.05) is 0 Å². The second-order valence-electron chi connectivity index (χ2n) is 7.28. The molecule has 0 saturated heterocycles. The minimum Gasteiger partial charge on any atom is -0.506 e. The third-order valence-corrected chi connectivity index (χ3v) is 5.40. The largest absolute Gasteiger partial charge is 0.506 e. The van der Waals surface area contributed by atoms with E-state index >= 15 is 0 Å². The quantitative estimate of drug-likeness (QED) is 0.550. The Morgan fingerprint density at radius 3 is 1.25 bits per heavy atom. The highest BCUT2D eigenvalue weighted by molar-refractivity contribution is 6.31. The maximum atomic E-state index is 12.6. The Morgan fingerprint density at radius 2 is 0.875 bits per heavy atom. The maximum absolute atomic E-state index is 12.6. The van der Waals surface area contributed by atoms with E-state index in [-0.39, 0.29) is 34.2 Å². The van der Waals surface area contributed by atoms with Gasteiger partial charge in [0.1, 0.15) is 11.5 Å². The molecule has 0 fully saturated rings. The highest BCUT2D eigenvalue weighted by Crippen LogP contribution is 2.33. The topological polar surface area (TPSA) is 99.3 Å². The molecule has 0 atom stereocenters. The van der Waals surface area contributed by atoms with E-state index in [4.69, 9.17) is 0 Å². The molecule has 0 spiro atoms. The normalized spacial score (nSPS) is 15.4. The van der Waals surface area contributed by atoms with Crippen LogP contribution in [0.2, 0.25) is 0 Å². The van der Waals surface area contributed by atoms with E-state index in [2.05, 4.69) is 9.98 Å². The van der Waals surface area contributed by atoms with Crippen LogP contribution in [0.25, 0.3) is 11.5 Å². The number of allylic oxidation sites excluding steroid dienone is 2. The average Bonchev–Trinajstić information content (AvgIpc) is 3.22. The number of aliphatic hydroxyl groups excluding tert-OH is 2. The molecule has 0 unspecified atom stereocenters. The molecule has 2 aliphatic carbocycles. The minimum absolute atomic E-state index is 0.103. The van der Waals surface area contributed by atoms with E-state index in [1.54, 1.807) is 72.8 Å². The lowest BCUT2D eigenvalue weighted by molar-refractivity contribution is 0.103. The van der Waals surface area contributed by atoms with Crippen LogP contribution in [0.15, 0.2) is 93.9 Å². The first-order valence-corrected chi connectivity index (χ1v) is 9.88. The number of para-hydroxylation sites is 2. The van der Waals surface area contributed by atoms with Gasteiger partial charge in [-0.05, 0) is 12.1 Å². The number of carbonyl (C=O) groups is 2. The number of rotatable bonds is 4. The third-order valence-electron chi connectivity index (χ3n) is 5.40. The van der Waals surface area contributed by atoms with Gasteiger partial charge in [0.05, 0.1) is 22.5 Å². The summed E-state index contributed by atoms with van der Waals surface area (Å²) in [7, 11) is 0. The van der Waals surface area contributed by atoms with E-state index < -0.39 is 0 Å². The molecule has 6 heteroatoms. The lowest BCUT2D eigenvalue weighted by Gasteiger charge is -2.01. The molecular formula is C26H16N2O4. The molecule has 32 heavy (non-hydrogen) atoms. The molecule has 0 heterocycles. The van der Waals surface area contributed by atoms with Crippen molar-refractivity contribution in [3.8, 4) is 0 Å². The van der Waals surface area contributed by atoms with Gasteiger partial charge >= 0.3 is 0 Å². The van der Waals surface area contributed by atoms with Crippen molar-refractivity contribution in [1.82, 2.24) is 0 Å². The summed E-state index contributed by atoms with van der Waals surface area (Å²) in [5, 5.41) is 20.8. The molecule has 3 aromatic rings. The lowest BCUT2D eigenvalue weighted by Crippen LogP contribution is -2.00. The predicted molar refractivity (Wildman–Crippen MR) is 123 cm³/mol. The van der Waals surface area contributed by atoms with E-state index in [9.17, 15) is 19.8 Å². The summed E-state index contributed by atoms with van der Waals surface area (Å²) in [5.41, 5.74) is 2.91. The number of fused-ring (bicyclic) bond motifs is 2. The van der Waals surface area contributed by atoms with Crippen molar-refractivity contribution in [2.24, 2.45) is 9.98 Å². The van der Waals surface area contributed by atoms with Gasteiger partial charge in [0.15, 0.2) is 11.6 Å². The molecule has 0 amide bonds. The van der Waals surface area contributed by atoms with Gasteiger partial charge in [-0.2, -0.15) is 0 Å². The standard InChI is InChI=1S/C26H16N2O4/c29-23-15-7-1-2-8-16(15)24(30)19(23)13-27-21-11-5-6-12-22(21)28-14-20-25(31)17-9-3-4-10-18(17)26(20)32/h1-14,29,31H. The van der Waals surface area contributed by atoms with Crippen molar-refractivity contribution in [1.29, 1.82) is 0 Å². The van der Waals surface area contributed by atoms with Gasteiger partial charge in [0, 0.05) is 34.7 Å². The molecule has 0 aliphatic heterocycles. The molecule has 6 nitrogen and oxygen atoms in total. The molecule has 3 aromatic carbocycles. The highest BCUT2D eigenvalue weighted by atomic mass is 16.3. The Labute approximate surface area is 183 Å². The van der Waals surface area contributed by atoms with Gasteiger partial charge < -0.3 is 10.2 Å². The molecule has 5 rings (SSSR count). The number of hydrogen-bond donors (Lipinski definition) is 2. The average molecular weight is 420 g/mol. The van der Waals surface area contributed by atoms with Crippen molar-refractivity contribution >= 4 is 46.9 Å². The number of aliphatic hydroxyl groups is 2. The highest BCUT2D eigenvalue weighted by Gasteiger charge is 2.29. The molecule has 0 radical (unpaired) electrons. The van der Waals surface area contributed by atoms with Crippen molar-refractivity contribution in [3.63, 3.8) is 0 Å². The number of aliphatic imine (C=N–C) groups is 2. The summed E-state index contributed by atoms with van der Waals surface area (Å²) < 4.78 is 0. The first-order chi connectivity index (χ1) is 15.6. The monoisotopic (exact) mass is 420 g/mol. The zero-order valence-electron chi connectivity index (χ0n) is 16.7. The van der Waals surface area contributed by atoms with Crippen LogP contribution in [0, 0.1) is 0 Å². The van der Waals surface area contributed by atoms with Crippen LogP contribution in [0.4, 0.5) is 11.4 Å². The fraction of sp³-hybridized carbons (Fsp3) is 0. The molecule has 0 aromatic heterocycles. The third kappa shape index (κ3) is 3.06. The van der Waals surface area contributed by atoms with Crippen LogP contribution in [-0.2, 0) is 0 Å². The van der Waals surface area contributed by atoms with E-state index in [1.165, 1.54) is 12.4 Å². The van der Waals surface area contributed by atoms with E-state index in [1.807, 2.05) is 0 Å². The summed E-state index contributed by atoms with van der Waals surface area (Å²) in [6.07, 6.45) is 2.64. The van der Waals surface area contributed by atoms with Crippen molar-refractivity contribution in [2.45, 2.75) is 0 Å². The Bertz CT molecular complexity index is 1320. The summed E-state index contributed by atoms with van der Waals surface area (Å²) >= 11 is 0. The Hall–Kier alpha value is -4.58. The molecule has 2 N–H and O–H groups in total. The van der Waals surface area contributed by atoms with Crippen molar-refractivity contribution < 1.29 is 19.8 Å². The molecular weight excluding hydrogens is 404 g/mol. The van der Waals surface area contributed by atoms with Crippen LogP contribution < -0.4 is 0 Å². The zero-order chi connectivity index (χ0) is 22.2. The van der Waals surface area contributed by atoms with Crippen LogP contribution in [-0.4, -0.2) is 34.2 Å². The van der Waals surface area contributed by atoms with Gasteiger partial charge in [0.2, 0.25) is 0 Å². The van der Waals surface area contributed by atoms with E-state index in [0.717, 1.165) is 0 Å². The molecule has 0 bridgehead atoms. The SMILES string of the molecule is O=C1C(C=Nc2ccccc2N=CC2=C(O)c3ccccc3C2=O)=C(O)c2ccccc21. The number of hydrogen-bond acceptors (Lipinski definition) is 6. The fourth-order valence-corrected chi connectivity index (χ4v) is 3.76. The summed E-state index contributed by atoms with van der Waals surface area (Å²) in [5.74, 6) is -0.820. The smallest absolute Gasteiger partial charge is 0.199 e. The molecule has 2 aliphatic rings. The Kier molecular flexibility index (Phi) is 4.60. The number of benzene rings is 3. The predicted octanol–water partition coefficient (Wildman–Crippen LogP) is 5.42. The first-order valence-electron chi connectivity index (χ1n) is 9.88. The van der Waals surface area contributed by atoms with Crippen LogP contribution in [0.1, 0.15) is 31.8 Å². The van der Waals surface area contributed by atoms with Crippen LogP contribution >= 0.6 is 0 Å². The summed E-state index contributed by atoms with van der Waals surface area (Å²) in [6, 6.07) is 20.6. The zero-order valence-corrected chi connectivity index (χ0v) is 16.7. The number of carbonyl (C=O) groups excluding carboxylic acids is 2. The summed E-state index contributed by atoms with van der Waals surface area (Å²) in [6.45, 7) is 0. The second kappa shape index (κ2) is 7.59. The van der Waals surface area contributed by atoms with Crippen LogP contribution in [0.5, 0.6) is 0 Å². The van der Waals surface area contributed by atoms with Gasteiger partial charge in [-0.25, -0.2) is 0 Å².